The Hall–Kier alpha value is -0.800. The topological polar surface area (TPSA) is 45.5 Å². The zero-order valence-electron chi connectivity index (χ0n) is 5.33. The summed E-state index contributed by atoms with van der Waals surface area (Å²) < 4.78 is 0. The van der Waals surface area contributed by atoms with E-state index in [2.05, 4.69) is 10.1 Å². The van der Waals surface area contributed by atoms with Gasteiger partial charge in [-0.15, -0.1) is 0 Å². The summed E-state index contributed by atoms with van der Waals surface area (Å²) in [6.45, 7) is 0. The molecule has 58 valence electrons. The molecule has 0 bridgehead atoms. The van der Waals surface area contributed by atoms with E-state index in [4.69, 9.17) is 28.4 Å². The molecule has 0 amide bonds. The van der Waals surface area contributed by atoms with Crippen LogP contribution in [0, 0.1) is 0 Å². The molecule has 0 aliphatic heterocycles. The highest BCUT2D eigenvalue weighted by molar-refractivity contribution is 6.69. The van der Waals surface area contributed by atoms with Gasteiger partial charge in [0.1, 0.15) is 0 Å². The number of nitrogens with zero attached hydrogens (tertiary/aromatic N) is 2. The third-order valence-electron chi connectivity index (χ3n) is 1.03. The van der Waals surface area contributed by atoms with Crippen molar-refractivity contribution in [1.82, 2.24) is 4.98 Å². The lowest BCUT2D eigenvalue weighted by Crippen LogP contribution is -1.91. The van der Waals surface area contributed by atoms with Gasteiger partial charge in [0.15, 0.2) is 5.17 Å². The summed E-state index contributed by atoms with van der Waals surface area (Å²) in [5.41, 5.74) is 0.488. The number of pyridine rings is 1. The predicted molar refractivity (Wildman–Crippen MR) is 43.4 cm³/mol. The van der Waals surface area contributed by atoms with Crippen molar-refractivity contribution < 1.29 is 5.21 Å². The Labute approximate surface area is 73.3 Å². The molecule has 1 N–H and O–H groups in total. The number of hydrogen-bond acceptors (Lipinski definition) is 3. The molecule has 0 aliphatic rings. The summed E-state index contributed by atoms with van der Waals surface area (Å²) in [6, 6.07) is 1.55. The highest BCUT2D eigenvalue weighted by Gasteiger charge is 2.00. The molecule has 1 rings (SSSR count). The molecule has 0 aliphatic carbocycles. The van der Waals surface area contributed by atoms with Crippen molar-refractivity contribution in [3.63, 3.8) is 0 Å². The van der Waals surface area contributed by atoms with Crippen LogP contribution in [-0.2, 0) is 0 Å². The number of aromatic nitrogens is 1. The Kier molecular flexibility index (Phi) is 2.68. The molecule has 0 radical (unpaired) electrons. The first kappa shape index (κ1) is 8.30. The minimum absolute atomic E-state index is 0.0278. The maximum absolute atomic E-state index is 8.26. The second kappa shape index (κ2) is 3.55. The van der Waals surface area contributed by atoms with Crippen LogP contribution in [0.4, 0.5) is 0 Å². The fourth-order valence-electron chi connectivity index (χ4n) is 0.582. The molecule has 0 aromatic carbocycles. The van der Waals surface area contributed by atoms with E-state index in [0.717, 1.165) is 0 Å². The Bertz CT molecular complexity index is 288. The van der Waals surface area contributed by atoms with Gasteiger partial charge in [-0.2, -0.15) is 0 Å². The summed E-state index contributed by atoms with van der Waals surface area (Å²) in [5, 5.41) is 11.5. The summed E-state index contributed by atoms with van der Waals surface area (Å²) in [6.07, 6.45) is 2.92. The monoisotopic (exact) mass is 190 g/mol. The Balaban J connectivity index is 3.06. The minimum Gasteiger partial charge on any atom is -0.410 e. The van der Waals surface area contributed by atoms with Gasteiger partial charge < -0.3 is 5.21 Å². The molecular weight excluding hydrogens is 187 g/mol. The van der Waals surface area contributed by atoms with Gasteiger partial charge in [-0.3, -0.25) is 4.98 Å². The molecule has 3 nitrogen and oxygen atoms in total. The lowest BCUT2D eigenvalue weighted by Gasteiger charge is -1.94. The average Bonchev–Trinajstić information content (AvgIpc) is 2.03. The number of halogens is 2. The van der Waals surface area contributed by atoms with Crippen LogP contribution in [0.1, 0.15) is 5.56 Å². The van der Waals surface area contributed by atoms with Crippen molar-refractivity contribution in [1.29, 1.82) is 0 Å². The van der Waals surface area contributed by atoms with Gasteiger partial charge >= 0.3 is 0 Å². The van der Waals surface area contributed by atoms with Gasteiger partial charge in [-0.05, 0) is 6.07 Å². The molecule has 11 heavy (non-hydrogen) atoms. The molecule has 0 atom stereocenters. The van der Waals surface area contributed by atoms with Crippen LogP contribution in [0.5, 0.6) is 0 Å². The first-order valence-corrected chi connectivity index (χ1v) is 3.48. The fourth-order valence-corrected chi connectivity index (χ4v) is 0.860. The number of rotatable bonds is 1. The van der Waals surface area contributed by atoms with E-state index in [1.807, 2.05) is 0 Å². The molecule has 1 aromatic rings. The van der Waals surface area contributed by atoms with Gasteiger partial charge in [0, 0.05) is 18.0 Å². The third kappa shape index (κ3) is 2.06. The van der Waals surface area contributed by atoms with Crippen molar-refractivity contribution in [3.8, 4) is 0 Å². The smallest absolute Gasteiger partial charge is 0.176 e. The second-order valence-corrected chi connectivity index (χ2v) is 2.58. The van der Waals surface area contributed by atoms with Crippen molar-refractivity contribution in [3.05, 3.63) is 29.0 Å². The van der Waals surface area contributed by atoms with Crippen molar-refractivity contribution in [2.45, 2.75) is 0 Å². The molecule has 1 aromatic heterocycles. The van der Waals surface area contributed by atoms with E-state index < -0.39 is 0 Å². The fraction of sp³-hybridized carbons (Fsp3) is 0. The molecular formula is C6H4Cl2N2O. The van der Waals surface area contributed by atoms with Gasteiger partial charge in [0.2, 0.25) is 0 Å². The summed E-state index contributed by atoms with van der Waals surface area (Å²) in [5.74, 6) is 0. The largest absolute Gasteiger partial charge is 0.410 e. The van der Waals surface area contributed by atoms with E-state index in [-0.39, 0.29) is 5.17 Å². The van der Waals surface area contributed by atoms with E-state index in [1.54, 1.807) is 6.07 Å². The predicted octanol–water partition coefficient (Wildman–Crippen LogP) is 2.11. The molecule has 0 spiro atoms. The van der Waals surface area contributed by atoms with Gasteiger partial charge in [0.25, 0.3) is 0 Å². The van der Waals surface area contributed by atoms with Crippen molar-refractivity contribution >= 4 is 28.4 Å². The lowest BCUT2D eigenvalue weighted by atomic mass is 10.3. The minimum atomic E-state index is -0.0278. The van der Waals surface area contributed by atoms with Crippen LogP contribution < -0.4 is 0 Å². The van der Waals surface area contributed by atoms with Crippen LogP contribution in [0.3, 0.4) is 0 Å². The summed E-state index contributed by atoms with van der Waals surface area (Å²) >= 11 is 11.1. The number of oxime groups is 1. The maximum atomic E-state index is 8.26. The van der Waals surface area contributed by atoms with E-state index in [9.17, 15) is 0 Å². The van der Waals surface area contributed by atoms with E-state index in [1.165, 1.54) is 12.4 Å². The molecule has 1 heterocycles. The average molecular weight is 191 g/mol. The molecule has 0 fully saturated rings. The SMILES string of the molecule is O/N=C(\Cl)c1cncc(Cl)c1. The highest BCUT2D eigenvalue weighted by Crippen LogP contribution is 2.10. The first-order valence-electron chi connectivity index (χ1n) is 2.72. The number of hydrogen-bond donors (Lipinski definition) is 1. The molecule has 0 saturated heterocycles. The third-order valence-corrected chi connectivity index (χ3v) is 1.53. The quantitative estimate of drug-likeness (QED) is 0.419. The molecule has 0 saturated carbocycles. The highest BCUT2D eigenvalue weighted by atomic mass is 35.5. The molecule has 5 heteroatoms. The van der Waals surface area contributed by atoms with Crippen molar-refractivity contribution in [2.75, 3.05) is 0 Å². The zero-order chi connectivity index (χ0) is 8.27. The van der Waals surface area contributed by atoms with E-state index in [0.29, 0.717) is 10.6 Å². The zero-order valence-corrected chi connectivity index (χ0v) is 6.84. The standard InChI is InChI=1S/C6H4Cl2N2O/c7-5-1-4(2-9-3-5)6(8)10-11/h1-3,11H/b10-6-. The van der Waals surface area contributed by atoms with Gasteiger partial charge in [0.05, 0.1) is 5.02 Å². The summed E-state index contributed by atoms with van der Waals surface area (Å²) in [4.78, 5) is 3.74. The van der Waals surface area contributed by atoms with Crippen LogP contribution in [0.2, 0.25) is 5.02 Å². The molecule has 0 unspecified atom stereocenters. The maximum Gasteiger partial charge on any atom is 0.176 e. The van der Waals surface area contributed by atoms with Gasteiger partial charge in [-0.25, -0.2) is 0 Å². The second-order valence-electron chi connectivity index (χ2n) is 1.78. The Morgan fingerprint density at radius 1 is 1.55 bits per heavy atom. The van der Waals surface area contributed by atoms with Crippen LogP contribution in [-0.4, -0.2) is 15.4 Å². The lowest BCUT2D eigenvalue weighted by molar-refractivity contribution is 0.321. The normalized spacial score (nSPS) is 11.6. The Morgan fingerprint density at radius 2 is 2.27 bits per heavy atom. The van der Waals surface area contributed by atoms with Crippen molar-refractivity contribution in [2.24, 2.45) is 5.16 Å². The van der Waals surface area contributed by atoms with Gasteiger partial charge in [-0.1, -0.05) is 28.4 Å². The first-order chi connectivity index (χ1) is 5.24. The van der Waals surface area contributed by atoms with Crippen LogP contribution >= 0.6 is 23.2 Å². The van der Waals surface area contributed by atoms with Crippen LogP contribution in [0.25, 0.3) is 0 Å². The van der Waals surface area contributed by atoms with Crippen LogP contribution in [0.15, 0.2) is 23.6 Å². The summed E-state index contributed by atoms with van der Waals surface area (Å²) in [7, 11) is 0. The van der Waals surface area contributed by atoms with E-state index >= 15 is 0 Å². The Morgan fingerprint density at radius 3 is 2.82 bits per heavy atom.